The molecule has 0 radical (unpaired) electrons. The Morgan fingerprint density at radius 3 is 2.50 bits per heavy atom. The predicted molar refractivity (Wildman–Crippen MR) is 90.3 cm³/mol. The highest BCUT2D eigenvalue weighted by molar-refractivity contribution is 9.10. The molecule has 5 heteroatoms. The average Bonchev–Trinajstić information content (AvgIpc) is 2.47. The summed E-state index contributed by atoms with van der Waals surface area (Å²) in [5, 5.41) is 2.97. The Kier molecular flexibility index (Phi) is 8.98. The molecule has 0 aromatic heterocycles. The Morgan fingerprint density at radius 2 is 1.90 bits per heavy atom. The highest BCUT2D eigenvalue weighted by atomic mass is 79.9. The number of nitrogens with zero attached hydrogens (tertiary/aromatic N) is 1. The van der Waals surface area contributed by atoms with Crippen LogP contribution >= 0.6 is 27.7 Å². The van der Waals surface area contributed by atoms with Gasteiger partial charge in [-0.1, -0.05) is 29.8 Å². The predicted octanol–water partition coefficient (Wildman–Crippen LogP) is 3.39. The molecule has 0 unspecified atom stereocenters. The molecule has 3 nitrogen and oxygen atoms in total. The maximum Gasteiger partial charge on any atom is 0.230 e. The zero-order valence-electron chi connectivity index (χ0n) is 12.2. The van der Waals surface area contributed by atoms with Crippen LogP contribution in [-0.4, -0.2) is 42.7 Å². The first-order valence-corrected chi connectivity index (χ1v) is 8.81. The lowest BCUT2D eigenvalue weighted by atomic mass is 10.3. The molecular formula is C15H23BrN2OS. The van der Waals surface area contributed by atoms with E-state index >= 15 is 0 Å². The van der Waals surface area contributed by atoms with E-state index in [1.165, 1.54) is 0 Å². The quantitative estimate of drug-likeness (QED) is 0.542. The minimum absolute atomic E-state index is 0.109. The van der Waals surface area contributed by atoms with Crippen molar-refractivity contribution in [1.29, 1.82) is 0 Å². The van der Waals surface area contributed by atoms with Crippen molar-refractivity contribution in [1.82, 2.24) is 10.2 Å². The maximum absolute atomic E-state index is 11.7. The molecule has 0 aliphatic rings. The third kappa shape index (κ3) is 7.31. The summed E-state index contributed by atoms with van der Waals surface area (Å²) in [4.78, 5) is 15.2. The van der Waals surface area contributed by atoms with Gasteiger partial charge in [0.15, 0.2) is 0 Å². The van der Waals surface area contributed by atoms with E-state index in [1.807, 2.05) is 24.3 Å². The number of hydrogen-bond acceptors (Lipinski definition) is 3. The van der Waals surface area contributed by atoms with Gasteiger partial charge in [-0.25, -0.2) is 0 Å². The number of hydrogen-bond donors (Lipinski definition) is 1. The van der Waals surface area contributed by atoms with Gasteiger partial charge >= 0.3 is 0 Å². The van der Waals surface area contributed by atoms with Crippen molar-refractivity contribution in [3.05, 3.63) is 28.7 Å². The summed E-state index contributed by atoms with van der Waals surface area (Å²) in [5.41, 5.74) is 0. The second-order valence-corrected chi connectivity index (χ2v) is 6.44. The topological polar surface area (TPSA) is 32.3 Å². The fourth-order valence-electron chi connectivity index (χ4n) is 1.80. The Balaban J connectivity index is 2.13. The molecule has 0 aliphatic carbocycles. The Morgan fingerprint density at radius 1 is 1.25 bits per heavy atom. The zero-order chi connectivity index (χ0) is 14.8. The van der Waals surface area contributed by atoms with Gasteiger partial charge in [0.2, 0.25) is 5.91 Å². The van der Waals surface area contributed by atoms with Crippen molar-refractivity contribution < 1.29 is 4.79 Å². The second kappa shape index (κ2) is 10.2. The molecule has 0 spiro atoms. The largest absolute Gasteiger partial charge is 0.355 e. The molecule has 1 rings (SSSR count). The van der Waals surface area contributed by atoms with Crippen LogP contribution in [0, 0.1) is 0 Å². The summed E-state index contributed by atoms with van der Waals surface area (Å²) < 4.78 is 1.06. The molecule has 112 valence electrons. The smallest absolute Gasteiger partial charge is 0.230 e. The maximum atomic E-state index is 11.7. The molecule has 0 atom stereocenters. The average molecular weight is 359 g/mol. The molecule has 0 bridgehead atoms. The van der Waals surface area contributed by atoms with Gasteiger partial charge in [0, 0.05) is 15.9 Å². The molecular weight excluding hydrogens is 336 g/mol. The zero-order valence-corrected chi connectivity index (χ0v) is 14.6. The highest BCUT2D eigenvalue weighted by Gasteiger charge is 2.03. The first-order chi connectivity index (χ1) is 9.65. The summed E-state index contributed by atoms with van der Waals surface area (Å²) in [5.74, 6) is 0.588. The lowest BCUT2D eigenvalue weighted by Gasteiger charge is -2.17. The van der Waals surface area contributed by atoms with E-state index in [2.05, 4.69) is 40.0 Å². The molecule has 0 aliphatic heterocycles. The van der Waals surface area contributed by atoms with Crippen LogP contribution in [0.25, 0.3) is 0 Å². The van der Waals surface area contributed by atoms with E-state index in [0.717, 1.165) is 42.0 Å². The Labute approximate surface area is 134 Å². The molecule has 1 N–H and O–H groups in total. The SMILES string of the molecule is CCN(CC)CCCNC(=O)CSc1ccc(Br)cc1. The summed E-state index contributed by atoms with van der Waals surface area (Å²) in [6, 6.07) is 8.01. The number of halogens is 1. The highest BCUT2D eigenvalue weighted by Crippen LogP contribution is 2.20. The number of carbonyl (C=O) groups excluding carboxylic acids is 1. The van der Waals surface area contributed by atoms with Crippen LogP contribution in [0.3, 0.4) is 0 Å². The number of thioether (sulfide) groups is 1. The van der Waals surface area contributed by atoms with Crippen LogP contribution in [0.15, 0.2) is 33.6 Å². The Bertz CT molecular complexity index is 393. The number of benzene rings is 1. The minimum atomic E-state index is 0.109. The summed E-state index contributed by atoms with van der Waals surface area (Å²) in [6.07, 6.45) is 1.01. The van der Waals surface area contributed by atoms with E-state index in [4.69, 9.17) is 0 Å². The van der Waals surface area contributed by atoms with Gasteiger partial charge in [0.25, 0.3) is 0 Å². The van der Waals surface area contributed by atoms with Crippen LogP contribution in [0.5, 0.6) is 0 Å². The van der Waals surface area contributed by atoms with Gasteiger partial charge in [0.1, 0.15) is 0 Å². The third-order valence-corrected chi connectivity index (χ3v) is 4.59. The van der Waals surface area contributed by atoms with Gasteiger partial charge in [-0.2, -0.15) is 0 Å². The molecule has 0 fully saturated rings. The van der Waals surface area contributed by atoms with Crippen LogP contribution in [0.2, 0.25) is 0 Å². The number of nitrogens with one attached hydrogen (secondary N) is 1. The van der Waals surface area contributed by atoms with Crippen molar-refractivity contribution in [2.24, 2.45) is 0 Å². The summed E-state index contributed by atoms with van der Waals surface area (Å²) >= 11 is 4.97. The van der Waals surface area contributed by atoms with Gasteiger partial charge in [-0.15, -0.1) is 11.8 Å². The van der Waals surface area contributed by atoms with Crippen molar-refractivity contribution in [2.45, 2.75) is 25.2 Å². The standard InChI is InChI=1S/C15H23BrN2OS/c1-3-18(4-2)11-5-10-17-15(19)12-20-14-8-6-13(16)7-9-14/h6-9H,3-5,10-12H2,1-2H3,(H,17,19). The molecule has 1 aromatic carbocycles. The molecule has 20 heavy (non-hydrogen) atoms. The van der Waals surface area contributed by atoms with E-state index < -0.39 is 0 Å². The van der Waals surface area contributed by atoms with E-state index in [0.29, 0.717) is 5.75 Å². The number of rotatable bonds is 9. The lowest BCUT2D eigenvalue weighted by Crippen LogP contribution is -2.30. The van der Waals surface area contributed by atoms with Gasteiger partial charge in [-0.3, -0.25) is 4.79 Å². The van der Waals surface area contributed by atoms with E-state index in [-0.39, 0.29) is 5.91 Å². The summed E-state index contributed by atoms with van der Waals surface area (Å²) in [7, 11) is 0. The monoisotopic (exact) mass is 358 g/mol. The first-order valence-electron chi connectivity index (χ1n) is 7.03. The van der Waals surface area contributed by atoms with E-state index in [1.54, 1.807) is 11.8 Å². The fourth-order valence-corrected chi connectivity index (χ4v) is 2.79. The van der Waals surface area contributed by atoms with Crippen molar-refractivity contribution in [2.75, 3.05) is 31.9 Å². The number of amides is 1. The minimum Gasteiger partial charge on any atom is -0.355 e. The van der Waals surface area contributed by atoms with Crippen molar-refractivity contribution >= 4 is 33.6 Å². The lowest BCUT2D eigenvalue weighted by molar-refractivity contribution is -0.118. The van der Waals surface area contributed by atoms with Gasteiger partial charge < -0.3 is 10.2 Å². The van der Waals surface area contributed by atoms with Gasteiger partial charge in [-0.05, 0) is 50.3 Å². The molecule has 1 amide bonds. The Hall–Kier alpha value is -0.520. The normalized spacial score (nSPS) is 10.8. The third-order valence-electron chi connectivity index (χ3n) is 3.05. The number of carbonyl (C=O) groups is 1. The molecule has 0 heterocycles. The fraction of sp³-hybridized carbons (Fsp3) is 0.533. The van der Waals surface area contributed by atoms with Crippen LogP contribution in [0.4, 0.5) is 0 Å². The summed E-state index contributed by atoms with van der Waals surface area (Å²) in [6.45, 7) is 8.28. The molecule has 0 saturated heterocycles. The van der Waals surface area contributed by atoms with Crippen LogP contribution < -0.4 is 5.32 Å². The van der Waals surface area contributed by atoms with Crippen molar-refractivity contribution in [3.63, 3.8) is 0 Å². The van der Waals surface area contributed by atoms with Crippen molar-refractivity contribution in [3.8, 4) is 0 Å². The molecule has 1 aromatic rings. The van der Waals surface area contributed by atoms with E-state index in [9.17, 15) is 4.79 Å². The van der Waals surface area contributed by atoms with Gasteiger partial charge in [0.05, 0.1) is 5.75 Å². The van der Waals surface area contributed by atoms with Crippen LogP contribution in [0.1, 0.15) is 20.3 Å². The van der Waals surface area contributed by atoms with Crippen LogP contribution in [-0.2, 0) is 4.79 Å². The second-order valence-electron chi connectivity index (χ2n) is 4.47. The first kappa shape index (κ1) is 17.5. The molecule has 0 saturated carbocycles.